The highest BCUT2D eigenvalue weighted by atomic mass is 16.6. The first-order chi connectivity index (χ1) is 11.4. The van der Waals surface area contributed by atoms with Gasteiger partial charge < -0.3 is 15.3 Å². The Bertz CT molecular complexity index is 759. The molecule has 0 bridgehead atoms. The van der Waals surface area contributed by atoms with E-state index >= 15 is 0 Å². The van der Waals surface area contributed by atoms with Crippen molar-refractivity contribution in [1.29, 1.82) is 0 Å². The lowest BCUT2D eigenvalue weighted by molar-refractivity contribution is -0.385. The zero-order valence-electron chi connectivity index (χ0n) is 13.5. The van der Waals surface area contributed by atoms with E-state index in [4.69, 9.17) is 0 Å². The van der Waals surface area contributed by atoms with Gasteiger partial charge in [-0.05, 0) is 37.4 Å². The molecule has 24 heavy (non-hydrogen) atoms. The number of benzene rings is 2. The summed E-state index contributed by atoms with van der Waals surface area (Å²) < 4.78 is 0. The lowest BCUT2D eigenvalue weighted by atomic mass is 10.1. The topological polar surface area (TPSA) is 95.7 Å². The fourth-order valence-corrected chi connectivity index (χ4v) is 2.31. The van der Waals surface area contributed by atoms with E-state index in [9.17, 15) is 20.0 Å². The van der Waals surface area contributed by atoms with E-state index in [1.807, 2.05) is 43.3 Å². The third-order valence-electron chi connectivity index (χ3n) is 3.48. The van der Waals surface area contributed by atoms with Crippen LogP contribution in [0.2, 0.25) is 0 Å². The van der Waals surface area contributed by atoms with Crippen LogP contribution in [0.5, 0.6) is 5.75 Å². The number of phenols is 1. The molecule has 0 unspecified atom stereocenters. The quantitative estimate of drug-likeness (QED) is 0.626. The number of nitrogens with one attached hydrogen (secondary N) is 1. The molecule has 7 heteroatoms. The Kier molecular flexibility index (Phi) is 5.49. The Labute approximate surface area is 139 Å². The molecular weight excluding hydrogens is 310 g/mol. The Morgan fingerprint density at radius 2 is 1.88 bits per heavy atom. The van der Waals surface area contributed by atoms with Crippen LogP contribution in [0.3, 0.4) is 0 Å². The molecule has 0 radical (unpaired) electrons. The van der Waals surface area contributed by atoms with Crippen molar-refractivity contribution >= 4 is 11.6 Å². The Balaban J connectivity index is 2.12. The third kappa shape index (κ3) is 4.30. The van der Waals surface area contributed by atoms with Crippen molar-refractivity contribution in [1.82, 2.24) is 10.2 Å². The van der Waals surface area contributed by atoms with Crippen LogP contribution in [0.4, 0.5) is 5.69 Å². The molecule has 2 N–H and O–H groups in total. The van der Waals surface area contributed by atoms with Gasteiger partial charge in [0.05, 0.1) is 4.92 Å². The lowest BCUT2D eigenvalue weighted by Gasteiger charge is -2.14. The Morgan fingerprint density at radius 3 is 2.50 bits per heavy atom. The highest BCUT2D eigenvalue weighted by molar-refractivity contribution is 5.95. The molecule has 0 aromatic heterocycles. The van der Waals surface area contributed by atoms with Crippen LogP contribution < -0.4 is 5.32 Å². The van der Waals surface area contributed by atoms with Gasteiger partial charge in [0.2, 0.25) is 0 Å². The maximum Gasteiger partial charge on any atom is 0.311 e. The molecule has 0 saturated heterocycles. The van der Waals surface area contributed by atoms with E-state index in [1.54, 1.807) is 0 Å². The van der Waals surface area contributed by atoms with Crippen LogP contribution in [-0.4, -0.2) is 34.9 Å². The molecule has 0 aliphatic heterocycles. The minimum absolute atomic E-state index is 0.129. The number of carbonyl (C=O) groups excluding carboxylic acids is 1. The number of aromatic hydroxyl groups is 1. The SMILES string of the molecule is CN(C)Cc1ccccc1CNC(=O)c1ccc(O)c([N+](=O)[O-])c1. The molecule has 2 aromatic rings. The number of hydrogen-bond donors (Lipinski definition) is 2. The molecule has 0 saturated carbocycles. The summed E-state index contributed by atoms with van der Waals surface area (Å²) in [6, 6.07) is 11.3. The monoisotopic (exact) mass is 329 g/mol. The van der Waals surface area contributed by atoms with Crippen LogP contribution in [0.25, 0.3) is 0 Å². The summed E-state index contributed by atoms with van der Waals surface area (Å²) in [5.41, 5.74) is 1.72. The smallest absolute Gasteiger partial charge is 0.311 e. The second-order valence-electron chi connectivity index (χ2n) is 5.65. The van der Waals surface area contributed by atoms with Crippen molar-refractivity contribution in [3.63, 3.8) is 0 Å². The van der Waals surface area contributed by atoms with E-state index in [0.717, 1.165) is 29.8 Å². The van der Waals surface area contributed by atoms with Gasteiger partial charge >= 0.3 is 5.69 Å². The average molecular weight is 329 g/mol. The Morgan fingerprint density at radius 1 is 1.21 bits per heavy atom. The van der Waals surface area contributed by atoms with Crippen LogP contribution >= 0.6 is 0 Å². The summed E-state index contributed by atoms with van der Waals surface area (Å²) in [4.78, 5) is 24.4. The molecule has 1 amide bonds. The molecule has 2 rings (SSSR count). The summed E-state index contributed by atoms with van der Waals surface area (Å²) in [5, 5.41) is 23.0. The number of nitro benzene ring substituents is 1. The van der Waals surface area contributed by atoms with Gasteiger partial charge in [-0.25, -0.2) is 0 Å². The minimum atomic E-state index is -0.724. The van der Waals surface area contributed by atoms with Crippen molar-refractivity contribution in [3.8, 4) is 5.75 Å². The maximum absolute atomic E-state index is 12.2. The van der Waals surface area contributed by atoms with Gasteiger partial charge in [-0.3, -0.25) is 14.9 Å². The predicted molar refractivity (Wildman–Crippen MR) is 89.8 cm³/mol. The van der Waals surface area contributed by atoms with Gasteiger partial charge in [0.25, 0.3) is 5.91 Å². The molecule has 0 fully saturated rings. The summed E-state index contributed by atoms with van der Waals surface area (Å²) in [5.74, 6) is -0.898. The summed E-state index contributed by atoms with van der Waals surface area (Å²) >= 11 is 0. The Hall–Kier alpha value is -2.93. The molecule has 126 valence electrons. The van der Waals surface area contributed by atoms with Gasteiger partial charge in [0.15, 0.2) is 5.75 Å². The molecule has 0 atom stereocenters. The molecule has 0 heterocycles. The molecule has 2 aromatic carbocycles. The number of nitro groups is 1. The lowest BCUT2D eigenvalue weighted by Crippen LogP contribution is -2.24. The maximum atomic E-state index is 12.2. The molecule has 0 aliphatic rings. The van der Waals surface area contributed by atoms with Crippen LogP contribution in [-0.2, 0) is 13.1 Å². The number of phenolic OH excluding ortho intramolecular Hbond substituents is 1. The first-order valence-corrected chi connectivity index (χ1v) is 7.35. The minimum Gasteiger partial charge on any atom is -0.502 e. The number of carbonyl (C=O) groups is 1. The van der Waals surface area contributed by atoms with Crippen molar-refractivity contribution < 1.29 is 14.8 Å². The highest BCUT2D eigenvalue weighted by Gasteiger charge is 2.17. The average Bonchev–Trinajstić information content (AvgIpc) is 2.53. The first kappa shape index (κ1) is 17.4. The van der Waals surface area contributed by atoms with Crippen molar-refractivity contribution in [2.75, 3.05) is 14.1 Å². The second-order valence-corrected chi connectivity index (χ2v) is 5.65. The van der Waals surface area contributed by atoms with Gasteiger partial charge in [-0.15, -0.1) is 0 Å². The van der Waals surface area contributed by atoms with Crippen molar-refractivity contribution in [2.45, 2.75) is 13.1 Å². The summed E-state index contributed by atoms with van der Waals surface area (Å²) in [7, 11) is 3.93. The normalized spacial score (nSPS) is 10.6. The van der Waals surface area contributed by atoms with E-state index in [0.29, 0.717) is 6.54 Å². The highest BCUT2D eigenvalue weighted by Crippen LogP contribution is 2.26. The van der Waals surface area contributed by atoms with E-state index in [-0.39, 0.29) is 5.56 Å². The fraction of sp³-hybridized carbons (Fsp3) is 0.235. The molecule has 0 aliphatic carbocycles. The number of nitrogens with zero attached hydrogens (tertiary/aromatic N) is 2. The first-order valence-electron chi connectivity index (χ1n) is 7.35. The zero-order chi connectivity index (χ0) is 17.7. The number of amides is 1. The molecule has 7 nitrogen and oxygen atoms in total. The fourth-order valence-electron chi connectivity index (χ4n) is 2.31. The van der Waals surface area contributed by atoms with E-state index < -0.39 is 22.3 Å². The standard InChI is InChI=1S/C17H19N3O4/c1-19(2)11-14-6-4-3-5-13(14)10-18-17(22)12-7-8-16(21)15(9-12)20(23)24/h3-9,21H,10-11H2,1-2H3,(H,18,22). The van der Waals surface area contributed by atoms with Gasteiger partial charge in [-0.2, -0.15) is 0 Å². The largest absolute Gasteiger partial charge is 0.502 e. The third-order valence-corrected chi connectivity index (χ3v) is 3.48. The van der Waals surface area contributed by atoms with Gasteiger partial charge in [0.1, 0.15) is 0 Å². The van der Waals surface area contributed by atoms with Gasteiger partial charge in [0, 0.05) is 24.7 Å². The second kappa shape index (κ2) is 7.56. The summed E-state index contributed by atoms with van der Waals surface area (Å²) in [6.07, 6.45) is 0. The zero-order valence-corrected chi connectivity index (χ0v) is 13.5. The van der Waals surface area contributed by atoms with Crippen LogP contribution in [0.1, 0.15) is 21.5 Å². The van der Waals surface area contributed by atoms with Crippen LogP contribution in [0.15, 0.2) is 42.5 Å². The number of hydrogen-bond acceptors (Lipinski definition) is 5. The van der Waals surface area contributed by atoms with E-state index in [1.165, 1.54) is 6.07 Å². The molecule has 0 spiro atoms. The predicted octanol–water partition coefficient (Wildman–Crippen LogP) is 2.29. The van der Waals surface area contributed by atoms with Gasteiger partial charge in [-0.1, -0.05) is 24.3 Å². The number of rotatable bonds is 6. The van der Waals surface area contributed by atoms with Crippen molar-refractivity contribution in [2.24, 2.45) is 0 Å². The van der Waals surface area contributed by atoms with Crippen molar-refractivity contribution in [3.05, 3.63) is 69.3 Å². The van der Waals surface area contributed by atoms with Crippen LogP contribution in [0, 0.1) is 10.1 Å². The summed E-state index contributed by atoms with van der Waals surface area (Å²) in [6.45, 7) is 1.06. The molecular formula is C17H19N3O4. The van der Waals surface area contributed by atoms with E-state index in [2.05, 4.69) is 5.32 Å².